The molecule has 10 unspecified atom stereocenters. The SMILES string of the molecule is Cc1ccc(COP(=O)([O-])Oc2c3c(c(OP(=O)([O-])OCc4ccc(C)cc4)c4c2C2CC4c4cc5c(cc42)C2CC5c4ccccc42)C2CC3c3cc4c(cc32)C2CC4c3ccccc32)cc1.[Na+].[Na+]. The summed E-state index contributed by atoms with van der Waals surface area (Å²) >= 11 is 0. The van der Waals surface area contributed by atoms with Crippen molar-refractivity contribution < 1.29 is 96.1 Å². The Bertz CT molecular complexity index is 3120. The molecule has 70 heavy (non-hydrogen) atoms. The van der Waals surface area contributed by atoms with E-state index >= 15 is 0 Å². The standard InChI is InChI=1S/C58H48O8P2.2Na/c1-29-11-15-31(16-12-29)27-63-67(59,60)65-57-53-49-25-51(47-23-43-39-19-37(41(43)21-45(47)49)33-7-3-5-9-35(33)39)55(53)58(66-68(61,62)64-28-32-17-13-30(2)14-18-32)56-52-26-50(54(56)57)46-22-42-38-20-40(44(42)24-48(46)52)36-10-6-4-8-34(36)38;;/h3-18,21-24,37-40,49-52H,19-20,25-28H2,1-2H3,(H,59,60)(H,61,62);;/q;2*+1/p-2. The van der Waals surface area contributed by atoms with Crippen molar-refractivity contribution in [1.82, 2.24) is 0 Å². The number of aryl methyl sites for hydroxylation is 2. The minimum Gasteiger partial charge on any atom is -0.746 e. The Hall–Kier alpha value is -3.56. The maximum atomic E-state index is 14.4. The third-order valence-corrected chi connectivity index (χ3v) is 19.0. The molecule has 0 heterocycles. The van der Waals surface area contributed by atoms with Crippen LogP contribution in [0.1, 0.15) is 184 Å². The minimum atomic E-state index is -5.02. The molecule has 0 aromatic heterocycles. The molecule has 0 saturated carbocycles. The Morgan fingerprint density at radius 3 is 0.943 bits per heavy atom. The predicted molar refractivity (Wildman–Crippen MR) is 254 cm³/mol. The van der Waals surface area contributed by atoms with Gasteiger partial charge in [0.25, 0.3) is 0 Å². The monoisotopic (exact) mass is 978 g/mol. The van der Waals surface area contributed by atoms with Gasteiger partial charge in [-0.1, -0.05) is 132 Å². The van der Waals surface area contributed by atoms with Crippen molar-refractivity contribution in [2.24, 2.45) is 0 Å². The normalized spacial score (nSPS) is 25.5. The Balaban J connectivity index is 0.00000240. The summed E-state index contributed by atoms with van der Waals surface area (Å²) in [5, 5.41) is 0. The van der Waals surface area contributed by atoms with Gasteiger partial charge in [0.1, 0.15) is 11.5 Å². The van der Waals surface area contributed by atoms with Crippen LogP contribution in [-0.2, 0) is 31.4 Å². The van der Waals surface area contributed by atoms with E-state index < -0.39 is 15.6 Å². The molecular weight excluding hydrogens is 933 g/mol. The van der Waals surface area contributed by atoms with Gasteiger partial charge in [-0.05, 0) is 117 Å². The van der Waals surface area contributed by atoms with E-state index in [2.05, 4.69) is 72.8 Å². The topological polar surface area (TPSA) is 117 Å². The van der Waals surface area contributed by atoms with Crippen molar-refractivity contribution in [1.29, 1.82) is 0 Å². The van der Waals surface area contributed by atoms with E-state index in [9.17, 15) is 18.9 Å². The van der Waals surface area contributed by atoms with Crippen LogP contribution < -0.4 is 77.9 Å². The molecule has 0 saturated heterocycles. The van der Waals surface area contributed by atoms with Gasteiger partial charge in [0.15, 0.2) is 0 Å². The van der Waals surface area contributed by atoms with Crippen molar-refractivity contribution in [2.75, 3.05) is 0 Å². The molecule has 8 nitrogen and oxygen atoms in total. The molecule has 0 radical (unpaired) electrons. The Morgan fingerprint density at radius 2 is 0.657 bits per heavy atom. The molecule has 8 bridgehead atoms. The van der Waals surface area contributed by atoms with E-state index in [1.807, 2.05) is 62.4 Å². The van der Waals surface area contributed by atoms with Gasteiger partial charge in [0, 0.05) is 69.6 Å². The molecule has 0 aliphatic heterocycles. The van der Waals surface area contributed by atoms with Gasteiger partial charge in [0.2, 0.25) is 0 Å². The molecule has 0 fully saturated rings. The molecule has 10 atom stereocenters. The second-order valence-electron chi connectivity index (χ2n) is 20.7. The van der Waals surface area contributed by atoms with Crippen LogP contribution in [0.15, 0.2) is 121 Å². The molecule has 7 aromatic rings. The number of hydrogen-bond donors (Lipinski definition) is 0. The van der Waals surface area contributed by atoms with E-state index in [1.54, 1.807) is 0 Å². The summed E-state index contributed by atoms with van der Waals surface area (Å²) in [5.41, 5.74) is 21.8. The maximum absolute atomic E-state index is 14.4. The Morgan fingerprint density at radius 1 is 0.400 bits per heavy atom. The van der Waals surface area contributed by atoms with Crippen LogP contribution >= 0.6 is 15.6 Å². The number of hydrogen-bond acceptors (Lipinski definition) is 8. The molecule has 0 amide bonds. The van der Waals surface area contributed by atoms with Crippen molar-refractivity contribution in [3.63, 3.8) is 0 Å². The van der Waals surface area contributed by atoms with Crippen LogP contribution in [0.25, 0.3) is 0 Å². The average molecular weight is 979 g/mol. The first-order chi connectivity index (χ1) is 33.0. The van der Waals surface area contributed by atoms with Crippen LogP contribution in [0.4, 0.5) is 0 Å². The van der Waals surface area contributed by atoms with Crippen molar-refractivity contribution in [3.8, 4) is 11.5 Å². The van der Waals surface area contributed by atoms with Gasteiger partial charge < -0.3 is 27.9 Å². The Labute approximate surface area is 452 Å². The summed E-state index contributed by atoms with van der Waals surface area (Å²) in [4.78, 5) is 28.9. The predicted octanol–water partition coefficient (Wildman–Crippen LogP) is 6.36. The smallest absolute Gasteiger partial charge is 0.746 e. The fourth-order valence-electron chi connectivity index (χ4n) is 14.6. The Kier molecular flexibility index (Phi) is 10.9. The number of phosphoric acid groups is 2. The first-order valence-corrected chi connectivity index (χ1v) is 27.1. The summed E-state index contributed by atoms with van der Waals surface area (Å²) in [6, 6.07) is 42.2. The number of rotatable bonds is 10. The minimum absolute atomic E-state index is 0. The summed E-state index contributed by atoms with van der Waals surface area (Å²) in [7, 11) is -10.0. The molecule has 8 aliphatic carbocycles. The number of benzene rings is 7. The molecule has 15 rings (SSSR count). The zero-order valence-corrected chi connectivity index (χ0v) is 45.4. The first kappa shape index (κ1) is 46.2. The van der Waals surface area contributed by atoms with E-state index in [-0.39, 0.29) is 107 Å². The van der Waals surface area contributed by atoms with Gasteiger partial charge in [-0.3, -0.25) is 9.13 Å². The van der Waals surface area contributed by atoms with E-state index in [0.717, 1.165) is 46.2 Å². The van der Waals surface area contributed by atoms with Crippen molar-refractivity contribution in [2.45, 2.75) is 100 Å². The molecule has 12 heteroatoms. The third-order valence-electron chi connectivity index (χ3n) is 17.3. The number of fused-ring (bicyclic) bond motifs is 32. The van der Waals surface area contributed by atoms with Gasteiger partial charge >= 0.3 is 74.8 Å². The summed E-state index contributed by atoms with van der Waals surface area (Å²) in [5.74, 6) is 0.743. The average Bonchev–Trinajstić information content (AvgIpc) is 4.23. The van der Waals surface area contributed by atoms with Crippen LogP contribution in [0.2, 0.25) is 0 Å². The fourth-order valence-corrected chi connectivity index (χ4v) is 16.1. The van der Waals surface area contributed by atoms with Crippen LogP contribution in [0.5, 0.6) is 11.5 Å². The quantitative estimate of drug-likeness (QED) is 0.115. The maximum Gasteiger partial charge on any atom is 1.00 e. The van der Waals surface area contributed by atoms with Crippen molar-refractivity contribution in [3.05, 3.63) is 233 Å². The molecule has 8 aliphatic rings. The van der Waals surface area contributed by atoms with Crippen LogP contribution in [-0.4, -0.2) is 0 Å². The summed E-state index contributed by atoms with van der Waals surface area (Å²) in [6.07, 6.45) is 3.35. The summed E-state index contributed by atoms with van der Waals surface area (Å²) < 4.78 is 53.4. The molecule has 0 N–H and O–H groups in total. The van der Waals surface area contributed by atoms with Gasteiger partial charge in [-0.15, -0.1) is 0 Å². The first-order valence-electron chi connectivity index (χ1n) is 24.1. The van der Waals surface area contributed by atoms with Crippen LogP contribution in [0, 0.1) is 13.8 Å². The van der Waals surface area contributed by atoms with Crippen molar-refractivity contribution >= 4 is 15.6 Å². The zero-order chi connectivity index (χ0) is 45.5. The van der Waals surface area contributed by atoms with E-state index in [1.165, 1.54) is 44.5 Å². The largest absolute Gasteiger partial charge is 1.00 e. The van der Waals surface area contributed by atoms with E-state index in [4.69, 9.17) is 18.1 Å². The molecular formula is C58H46Na2O8P2. The number of phosphoric ester groups is 2. The summed E-state index contributed by atoms with van der Waals surface area (Å²) in [6.45, 7) is 3.60. The third kappa shape index (κ3) is 6.72. The molecule has 0 spiro atoms. The second-order valence-corrected chi connectivity index (χ2v) is 23.4. The second kappa shape index (κ2) is 16.5. The molecule has 7 aromatic carbocycles. The van der Waals surface area contributed by atoms with Gasteiger partial charge in [-0.25, -0.2) is 0 Å². The van der Waals surface area contributed by atoms with Gasteiger partial charge in [0.05, 0.1) is 13.2 Å². The zero-order valence-electron chi connectivity index (χ0n) is 39.6. The van der Waals surface area contributed by atoms with E-state index in [0.29, 0.717) is 69.9 Å². The van der Waals surface area contributed by atoms with Gasteiger partial charge in [-0.2, -0.15) is 0 Å². The van der Waals surface area contributed by atoms with Crippen LogP contribution in [0.3, 0.4) is 0 Å². The molecule has 338 valence electrons. The fraction of sp³-hybridized carbons (Fsp3) is 0.276.